The van der Waals surface area contributed by atoms with Gasteiger partial charge in [0.1, 0.15) is 12.1 Å². The summed E-state index contributed by atoms with van der Waals surface area (Å²) in [6, 6.07) is 6.05. The Bertz CT molecular complexity index is 1280. The van der Waals surface area contributed by atoms with E-state index in [1.165, 1.54) is 6.33 Å². The van der Waals surface area contributed by atoms with Crippen molar-refractivity contribution >= 4 is 34.1 Å². The number of fused-ring (bicyclic) bond motifs is 1. The monoisotopic (exact) mass is 507 g/mol. The van der Waals surface area contributed by atoms with Crippen molar-refractivity contribution in [2.45, 2.75) is 49.7 Å². The first kappa shape index (κ1) is 23.7. The number of nitrogens with zero attached hydrogens (tertiary/aromatic N) is 4. The fraction of sp³-hybridized carbons (Fsp3) is 0.481. The number of rotatable bonds is 5. The van der Waals surface area contributed by atoms with Crippen molar-refractivity contribution in [3.63, 3.8) is 0 Å². The Balaban J connectivity index is 1.15. The van der Waals surface area contributed by atoms with Gasteiger partial charge >= 0.3 is 0 Å². The first-order valence-corrected chi connectivity index (χ1v) is 13.0. The first-order valence-electron chi connectivity index (χ1n) is 12.6. The molecule has 1 aliphatic carbocycles. The molecule has 3 aromatic rings. The maximum atomic E-state index is 12.8. The molecule has 0 unspecified atom stereocenters. The van der Waals surface area contributed by atoms with Gasteiger partial charge in [-0.2, -0.15) is 0 Å². The average molecular weight is 508 g/mol. The van der Waals surface area contributed by atoms with E-state index in [4.69, 9.17) is 16.3 Å². The van der Waals surface area contributed by atoms with Crippen LogP contribution >= 0.6 is 11.6 Å². The third kappa shape index (κ3) is 4.36. The predicted molar refractivity (Wildman–Crippen MR) is 137 cm³/mol. The van der Waals surface area contributed by atoms with Gasteiger partial charge in [0.2, 0.25) is 5.91 Å². The fourth-order valence-corrected chi connectivity index (χ4v) is 6.12. The fourth-order valence-electron chi connectivity index (χ4n) is 5.80. The van der Waals surface area contributed by atoms with Gasteiger partial charge in [-0.3, -0.25) is 9.69 Å². The normalized spacial score (nSPS) is 28.9. The lowest BCUT2D eigenvalue weighted by molar-refractivity contribution is -0.117. The minimum Gasteiger partial charge on any atom is -0.389 e. The van der Waals surface area contributed by atoms with Crippen molar-refractivity contribution in [1.82, 2.24) is 19.9 Å². The molecular weight excluding hydrogens is 478 g/mol. The number of amides is 1. The number of carbonyl (C=O) groups is 1. The van der Waals surface area contributed by atoms with Crippen molar-refractivity contribution in [1.29, 1.82) is 0 Å². The largest absolute Gasteiger partial charge is 0.389 e. The van der Waals surface area contributed by atoms with Crippen LogP contribution in [0.3, 0.4) is 0 Å². The number of aliphatic hydroxyl groups is 1. The minimum absolute atomic E-state index is 0.0242. The summed E-state index contributed by atoms with van der Waals surface area (Å²) >= 11 is 6.72. The summed E-state index contributed by atoms with van der Waals surface area (Å²) in [5.74, 6) is 0.956. The van der Waals surface area contributed by atoms with Gasteiger partial charge < -0.3 is 15.2 Å². The number of aromatic nitrogens is 3. The third-order valence-corrected chi connectivity index (χ3v) is 8.60. The summed E-state index contributed by atoms with van der Waals surface area (Å²) in [5.41, 5.74) is 1.82. The molecule has 2 N–H and O–H groups in total. The van der Waals surface area contributed by atoms with Gasteiger partial charge in [0.05, 0.1) is 24.9 Å². The second kappa shape index (κ2) is 9.34. The Labute approximate surface area is 215 Å². The molecule has 2 aliphatic heterocycles. The Kier molecular flexibility index (Phi) is 6.16. The van der Waals surface area contributed by atoms with Crippen molar-refractivity contribution in [3.8, 4) is 0 Å². The zero-order valence-corrected chi connectivity index (χ0v) is 21.0. The van der Waals surface area contributed by atoms with Crippen LogP contribution in [-0.2, 0) is 9.53 Å². The van der Waals surface area contributed by atoms with E-state index in [9.17, 15) is 9.90 Å². The van der Waals surface area contributed by atoms with Gasteiger partial charge in [-0.15, -0.1) is 0 Å². The van der Waals surface area contributed by atoms with Gasteiger partial charge in [0.25, 0.3) is 0 Å². The number of pyridine rings is 1. The predicted octanol–water partition coefficient (Wildman–Crippen LogP) is 3.75. The zero-order valence-electron chi connectivity index (χ0n) is 20.2. The van der Waals surface area contributed by atoms with Crippen molar-refractivity contribution in [2.75, 3.05) is 31.6 Å². The number of benzene rings is 1. The van der Waals surface area contributed by atoms with E-state index in [1.807, 2.05) is 12.1 Å². The summed E-state index contributed by atoms with van der Waals surface area (Å²) in [4.78, 5) is 27.7. The van der Waals surface area contributed by atoms with E-state index in [0.717, 1.165) is 59.3 Å². The molecule has 3 aliphatic rings. The maximum Gasteiger partial charge on any atom is 0.229 e. The Morgan fingerprint density at radius 2 is 1.94 bits per heavy atom. The number of anilines is 1. The number of aliphatic hydroxyl groups excluding tert-OH is 1. The van der Waals surface area contributed by atoms with Gasteiger partial charge in [-0.1, -0.05) is 11.6 Å². The standard InChI is InChI=1S/C27H30ClN5O3/c1-27(14-36-13-24(27)34)33-4-2-16(3-5-33)21-6-17-8-25(31-12-18(17)7-23(21)28)32-26(35)22-9-20(22)19-10-29-15-30-11-19/h6-8,10-12,15-16,20,22,24,34H,2-5,9,13-14H2,1H3,(H,31,32,35)/t20-,22+,24+,27-/m0/s1. The number of halogens is 1. The molecule has 4 heterocycles. The lowest BCUT2D eigenvalue weighted by Crippen LogP contribution is -2.56. The van der Waals surface area contributed by atoms with Gasteiger partial charge in [-0.25, -0.2) is 15.0 Å². The highest BCUT2D eigenvalue weighted by Gasteiger charge is 2.45. The van der Waals surface area contributed by atoms with Crippen LogP contribution in [0.5, 0.6) is 0 Å². The molecule has 4 atom stereocenters. The lowest BCUT2D eigenvalue weighted by Gasteiger charge is -2.43. The highest BCUT2D eigenvalue weighted by molar-refractivity contribution is 6.32. The molecule has 6 rings (SSSR count). The smallest absolute Gasteiger partial charge is 0.229 e. The number of ether oxygens (including phenoxy) is 1. The molecule has 3 fully saturated rings. The highest BCUT2D eigenvalue weighted by atomic mass is 35.5. The molecule has 0 bridgehead atoms. The van der Waals surface area contributed by atoms with Crippen molar-refractivity contribution in [2.24, 2.45) is 5.92 Å². The van der Waals surface area contributed by atoms with Gasteiger partial charge in [-0.05, 0) is 85.8 Å². The van der Waals surface area contributed by atoms with E-state index >= 15 is 0 Å². The van der Waals surface area contributed by atoms with E-state index < -0.39 is 6.10 Å². The quantitative estimate of drug-likeness (QED) is 0.542. The number of likely N-dealkylation sites (tertiary alicyclic amines) is 1. The molecule has 1 saturated carbocycles. The molecule has 188 valence electrons. The lowest BCUT2D eigenvalue weighted by atomic mass is 9.85. The number of carbonyl (C=O) groups excluding carboxylic acids is 1. The number of nitrogens with one attached hydrogen (secondary N) is 1. The van der Waals surface area contributed by atoms with Crippen LogP contribution in [0.2, 0.25) is 5.02 Å². The Morgan fingerprint density at radius 1 is 1.17 bits per heavy atom. The Morgan fingerprint density at radius 3 is 2.67 bits per heavy atom. The van der Waals surface area contributed by atoms with Crippen molar-refractivity contribution < 1.29 is 14.6 Å². The van der Waals surface area contributed by atoms with Crippen LogP contribution in [0.1, 0.15) is 49.1 Å². The molecule has 9 heteroatoms. The summed E-state index contributed by atoms with van der Waals surface area (Å²) in [6.07, 6.45) is 9.10. The van der Waals surface area contributed by atoms with E-state index in [1.54, 1.807) is 18.6 Å². The van der Waals surface area contributed by atoms with Crippen LogP contribution in [0.4, 0.5) is 5.82 Å². The minimum atomic E-state index is -0.452. The van der Waals surface area contributed by atoms with Crippen LogP contribution in [0.15, 0.2) is 43.1 Å². The summed E-state index contributed by atoms with van der Waals surface area (Å²) in [6.45, 7) is 4.85. The van der Waals surface area contributed by atoms with Crippen LogP contribution in [-0.4, -0.2) is 68.8 Å². The Hall–Kier alpha value is -2.65. The molecule has 1 aromatic carbocycles. The molecule has 2 saturated heterocycles. The molecule has 0 spiro atoms. The second-order valence-electron chi connectivity index (χ2n) is 10.5. The van der Waals surface area contributed by atoms with E-state index in [-0.39, 0.29) is 23.3 Å². The molecule has 36 heavy (non-hydrogen) atoms. The topological polar surface area (TPSA) is 100 Å². The molecule has 2 aromatic heterocycles. The second-order valence-corrected chi connectivity index (χ2v) is 11.0. The molecule has 0 radical (unpaired) electrons. The summed E-state index contributed by atoms with van der Waals surface area (Å²) in [5, 5.41) is 16.1. The average Bonchev–Trinajstić information content (AvgIpc) is 3.63. The van der Waals surface area contributed by atoms with Crippen LogP contribution in [0, 0.1) is 5.92 Å². The van der Waals surface area contributed by atoms with Crippen molar-refractivity contribution in [3.05, 3.63) is 59.3 Å². The number of hydrogen-bond donors (Lipinski definition) is 2. The third-order valence-electron chi connectivity index (χ3n) is 8.27. The van der Waals surface area contributed by atoms with E-state index in [2.05, 4.69) is 38.2 Å². The van der Waals surface area contributed by atoms with Gasteiger partial charge in [0.15, 0.2) is 0 Å². The maximum absolute atomic E-state index is 12.8. The highest BCUT2D eigenvalue weighted by Crippen LogP contribution is 2.47. The van der Waals surface area contributed by atoms with Gasteiger partial charge in [0, 0.05) is 34.9 Å². The first-order chi connectivity index (χ1) is 17.4. The SMILES string of the molecule is C[C@]1(N2CCC(c3cc4cc(NC(=O)[C@@H]5C[C@H]5c5cncnc5)ncc4cc3Cl)CC2)COC[C@H]1O. The molecule has 1 amide bonds. The van der Waals surface area contributed by atoms with Crippen LogP contribution in [0.25, 0.3) is 10.8 Å². The molecular formula is C27H30ClN5O3. The number of hydrogen-bond acceptors (Lipinski definition) is 7. The van der Waals surface area contributed by atoms with E-state index in [0.29, 0.717) is 24.9 Å². The van der Waals surface area contributed by atoms with Crippen LogP contribution < -0.4 is 5.32 Å². The summed E-state index contributed by atoms with van der Waals surface area (Å²) in [7, 11) is 0. The molecule has 8 nitrogen and oxygen atoms in total. The number of piperidine rings is 1. The summed E-state index contributed by atoms with van der Waals surface area (Å²) < 4.78 is 5.54. The zero-order chi connectivity index (χ0) is 24.9.